The van der Waals surface area contributed by atoms with Crippen LogP contribution in [0.2, 0.25) is 0 Å². The molecule has 2 rings (SSSR count). The Kier molecular flexibility index (Phi) is 3.98. The van der Waals surface area contributed by atoms with Crippen molar-refractivity contribution in [3.8, 4) is 0 Å². The van der Waals surface area contributed by atoms with Crippen LogP contribution in [-0.2, 0) is 0 Å². The number of carbonyl (C=O) groups excluding carboxylic acids is 1. The smallest absolute Gasteiger partial charge is 0.250 e. The van der Waals surface area contributed by atoms with Crippen molar-refractivity contribution < 1.29 is 4.79 Å². The minimum absolute atomic E-state index is 0.410. The Balaban J connectivity index is 2.30. The third-order valence-corrected chi connectivity index (χ3v) is 4.29. The first-order valence-electron chi connectivity index (χ1n) is 6.93. The van der Waals surface area contributed by atoms with Gasteiger partial charge in [0, 0.05) is 13.1 Å². The summed E-state index contributed by atoms with van der Waals surface area (Å²) in [5, 5.41) is 0. The number of hydrogen-bond acceptors (Lipinski definition) is 3. The van der Waals surface area contributed by atoms with E-state index in [0.29, 0.717) is 23.2 Å². The van der Waals surface area contributed by atoms with Gasteiger partial charge < -0.3 is 16.4 Å². The summed E-state index contributed by atoms with van der Waals surface area (Å²) in [5.41, 5.74) is 13.3. The fraction of sp³-hybridized carbons (Fsp3) is 0.533. The zero-order chi connectivity index (χ0) is 14.0. The summed E-state index contributed by atoms with van der Waals surface area (Å²) in [6.07, 6.45) is 5.00. The maximum absolute atomic E-state index is 11.4. The van der Waals surface area contributed by atoms with Crippen LogP contribution < -0.4 is 16.4 Å². The van der Waals surface area contributed by atoms with Crippen molar-refractivity contribution in [2.75, 3.05) is 17.7 Å². The topological polar surface area (TPSA) is 72.3 Å². The molecule has 1 aromatic rings. The second-order valence-corrected chi connectivity index (χ2v) is 5.54. The van der Waals surface area contributed by atoms with E-state index in [2.05, 4.69) is 18.9 Å². The van der Waals surface area contributed by atoms with E-state index in [1.165, 1.54) is 25.7 Å². The molecule has 0 saturated heterocycles. The summed E-state index contributed by atoms with van der Waals surface area (Å²) in [6, 6.07) is 5.97. The summed E-state index contributed by atoms with van der Waals surface area (Å²) >= 11 is 0. The lowest BCUT2D eigenvalue weighted by Crippen LogP contribution is -2.39. The van der Waals surface area contributed by atoms with Gasteiger partial charge in [0.05, 0.1) is 16.9 Å². The molecule has 0 heterocycles. The second kappa shape index (κ2) is 5.51. The summed E-state index contributed by atoms with van der Waals surface area (Å²) in [7, 11) is 2.06. The van der Waals surface area contributed by atoms with E-state index in [1.807, 2.05) is 12.1 Å². The molecular weight excluding hydrogens is 238 g/mol. The number of primary amides is 1. The Morgan fingerprint density at radius 3 is 2.63 bits per heavy atom. The quantitative estimate of drug-likeness (QED) is 0.820. The predicted octanol–water partition coefficient (Wildman–Crippen LogP) is 2.38. The van der Waals surface area contributed by atoms with Crippen molar-refractivity contribution in [1.82, 2.24) is 0 Å². The normalized spacial score (nSPS) is 23.1. The molecule has 4 heteroatoms. The van der Waals surface area contributed by atoms with Gasteiger partial charge in [-0.15, -0.1) is 0 Å². The van der Waals surface area contributed by atoms with Crippen LogP contribution in [0, 0.1) is 5.92 Å². The first-order chi connectivity index (χ1) is 9.02. The average Bonchev–Trinajstić information content (AvgIpc) is 2.38. The third kappa shape index (κ3) is 2.67. The number of anilines is 2. The maximum Gasteiger partial charge on any atom is 0.250 e. The fourth-order valence-electron chi connectivity index (χ4n) is 3.13. The van der Waals surface area contributed by atoms with Crippen molar-refractivity contribution in [3.63, 3.8) is 0 Å². The molecule has 0 aromatic heterocycles. The lowest BCUT2D eigenvalue weighted by Gasteiger charge is -2.38. The molecule has 1 aliphatic rings. The van der Waals surface area contributed by atoms with Gasteiger partial charge in [0.2, 0.25) is 0 Å². The van der Waals surface area contributed by atoms with E-state index in [-0.39, 0.29) is 0 Å². The summed E-state index contributed by atoms with van der Waals surface area (Å²) in [4.78, 5) is 13.6. The van der Waals surface area contributed by atoms with Crippen LogP contribution in [0.15, 0.2) is 18.2 Å². The zero-order valence-electron chi connectivity index (χ0n) is 11.7. The molecule has 4 N–H and O–H groups in total. The van der Waals surface area contributed by atoms with Gasteiger partial charge in [-0.1, -0.05) is 25.8 Å². The number of hydrogen-bond donors (Lipinski definition) is 2. The summed E-state index contributed by atoms with van der Waals surface area (Å²) < 4.78 is 0. The molecule has 0 bridgehead atoms. The van der Waals surface area contributed by atoms with E-state index in [4.69, 9.17) is 11.5 Å². The van der Waals surface area contributed by atoms with E-state index >= 15 is 0 Å². The number of nitrogens with two attached hydrogens (primary N) is 2. The van der Waals surface area contributed by atoms with Crippen LogP contribution in [0.5, 0.6) is 0 Å². The number of carbonyl (C=O) groups is 1. The van der Waals surface area contributed by atoms with Crippen molar-refractivity contribution in [3.05, 3.63) is 23.8 Å². The predicted molar refractivity (Wildman–Crippen MR) is 79.2 cm³/mol. The van der Waals surface area contributed by atoms with Gasteiger partial charge >= 0.3 is 0 Å². The number of nitrogen functional groups attached to an aromatic ring is 1. The van der Waals surface area contributed by atoms with Gasteiger partial charge in [-0.2, -0.15) is 0 Å². The van der Waals surface area contributed by atoms with Gasteiger partial charge in [-0.25, -0.2) is 0 Å². The van der Waals surface area contributed by atoms with Crippen LogP contribution in [0.25, 0.3) is 0 Å². The lowest BCUT2D eigenvalue weighted by molar-refractivity contribution is 0.100. The van der Waals surface area contributed by atoms with Crippen molar-refractivity contribution in [2.24, 2.45) is 11.7 Å². The van der Waals surface area contributed by atoms with Gasteiger partial charge in [0.15, 0.2) is 0 Å². The molecule has 0 aliphatic heterocycles. The van der Waals surface area contributed by atoms with Crippen LogP contribution >= 0.6 is 0 Å². The number of amides is 1. The van der Waals surface area contributed by atoms with E-state index in [1.54, 1.807) is 6.07 Å². The van der Waals surface area contributed by atoms with Gasteiger partial charge in [-0.3, -0.25) is 4.79 Å². The molecule has 1 saturated carbocycles. The minimum atomic E-state index is -0.468. The van der Waals surface area contributed by atoms with Gasteiger partial charge in [0.25, 0.3) is 5.91 Å². The molecular formula is C15H23N3O. The highest BCUT2D eigenvalue weighted by molar-refractivity contribution is 6.00. The molecule has 104 valence electrons. The molecule has 1 amide bonds. The molecule has 2 atom stereocenters. The van der Waals surface area contributed by atoms with Crippen molar-refractivity contribution in [1.29, 1.82) is 0 Å². The van der Waals surface area contributed by atoms with Crippen LogP contribution in [0.3, 0.4) is 0 Å². The standard InChI is InChI=1S/C15H23N3O/c1-10-6-3-4-8-12(10)18(2)13-9-5-7-11(14(13)16)15(17)19/h5,7,9-10,12H,3-4,6,8,16H2,1-2H3,(H2,17,19). The first kappa shape index (κ1) is 13.7. The highest BCUT2D eigenvalue weighted by Crippen LogP contribution is 2.34. The highest BCUT2D eigenvalue weighted by Gasteiger charge is 2.26. The number of benzene rings is 1. The largest absolute Gasteiger partial charge is 0.396 e. The lowest BCUT2D eigenvalue weighted by atomic mass is 9.85. The number of nitrogens with zero attached hydrogens (tertiary/aromatic N) is 1. The van der Waals surface area contributed by atoms with Crippen molar-refractivity contribution in [2.45, 2.75) is 38.6 Å². The molecule has 0 radical (unpaired) electrons. The molecule has 4 nitrogen and oxygen atoms in total. The first-order valence-corrected chi connectivity index (χ1v) is 6.93. The Labute approximate surface area is 114 Å². The SMILES string of the molecule is CC1CCCCC1N(C)c1cccc(C(N)=O)c1N. The Morgan fingerprint density at radius 2 is 2.00 bits per heavy atom. The average molecular weight is 261 g/mol. The van der Waals surface area contributed by atoms with Crippen LogP contribution in [-0.4, -0.2) is 19.0 Å². The molecule has 2 unspecified atom stereocenters. The van der Waals surface area contributed by atoms with Gasteiger partial charge in [0.1, 0.15) is 0 Å². The molecule has 1 aromatic carbocycles. The highest BCUT2D eigenvalue weighted by atomic mass is 16.1. The third-order valence-electron chi connectivity index (χ3n) is 4.29. The summed E-state index contributed by atoms with van der Waals surface area (Å²) in [5.74, 6) is 0.180. The molecule has 1 fully saturated rings. The Bertz CT molecular complexity index is 472. The minimum Gasteiger partial charge on any atom is -0.396 e. The van der Waals surface area contributed by atoms with Crippen LogP contribution in [0.4, 0.5) is 11.4 Å². The zero-order valence-corrected chi connectivity index (χ0v) is 11.7. The summed E-state index contributed by atoms with van der Waals surface area (Å²) in [6.45, 7) is 2.29. The molecule has 0 spiro atoms. The molecule has 1 aliphatic carbocycles. The fourth-order valence-corrected chi connectivity index (χ4v) is 3.13. The van der Waals surface area contributed by atoms with E-state index < -0.39 is 5.91 Å². The number of para-hydroxylation sites is 1. The monoisotopic (exact) mass is 261 g/mol. The molecule has 19 heavy (non-hydrogen) atoms. The second-order valence-electron chi connectivity index (χ2n) is 5.54. The van der Waals surface area contributed by atoms with E-state index in [9.17, 15) is 4.79 Å². The van der Waals surface area contributed by atoms with Gasteiger partial charge in [-0.05, 0) is 30.9 Å². The number of rotatable bonds is 3. The Morgan fingerprint density at radius 1 is 1.32 bits per heavy atom. The van der Waals surface area contributed by atoms with E-state index in [0.717, 1.165) is 5.69 Å². The maximum atomic E-state index is 11.4. The Hall–Kier alpha value is -1.71. The van der Waals surface area contributed by atoms with Crippen LogP contribution in [0.1, 0.15) is 43.0 Å². The van der Waals surface area contributed by atoms with Crippen molar-refractivity contribution >= 4 is 17.3 Å².